The Hall–Kier alpha value is 1.48. The molecule has 7 heteroatoms. The number of carboxylic acid groups (broad SMARTS) is 1. The molecule has 0 rings (SSSR count). The van der Waals surface area contributed by atoms with Gasteiger partial charge in [0.1, 0.15) is 0 Å². The Labute approximate surface area is 83.2 Å². The standard InChI is InChI=1S/C2H4O2.3ClH.Fe.Zn/c1-2(3)4;;;;;/h1H3,(H,3,4);3*1H;;/q;;;;+3;/p-3. The summed E-state index contributed by atoms with van der Waals surface area (Å²) in [7, 11) is 14.7. The minimum Gasteiger partial charge on any atom is 0 e. The van der Waals surface area contributed by atoms with Gasteiger partial charge in [0.15, 0.2) is 0 Å². The Morgan fingerprint density at radius 3 is 1.44 bits per heavy atom. The van der Waals surface area contributed by atoms with E-state index in [0.717, 1.165) is 6.92 Å². The van der Waals surface area contributed by atoms with Crippen molar-refractivity contribution in [1.82, 2.24) is 0 Å². The summed E-state index contributed by atoms with van der Waals surface area (Å²) in [4.78, 5) is 9.00. The fourth-order valence-corrected chi connectivity index (χ4v) is 0. The number of carbonyl (C=O) groups is 1. The number of aliphatic carboxylic acids is 1. The Bertz CT molecular complexity index is 64.1. The van der Waals surface area contributed by atoms with E-state index in [9.17, 15) is 0 Å². The summed E-state index contributed by atoms with van der Waals surface area (Å²) in [6.07, 6.45) is 0. The van der Waals surface area contributed by atoms with Crippen molar-refractivity contribution in [2.24, 2.45) is 0 Å². The SMILES string of the molecule is CC(=O)O.[Cl][Fe]([Cl])[Cl].[Zn]. The third-order valence-electron chi connectivity index (χ3n) is 0. The molecule has 0 radical (unpaired) electrons. The van der Waals surface area contributed by atoms with E-state index < -0.39 is 17.1 Å². The van der Waals surface area contributed by atoms with Gasteiger partial charge >= 0.3 is 41.5 Å². The molecule has 55 valence electrons. The van der Waals surface area contributed by atoms with E-state index in [1.807, 2.05) is 0 Å². The Kier molecular flexibility index (Phi) is 22.8. The molecule has 0 aromatic carbocycles. The van der Waals surface area contributed by atoms with Crippen LogP contribution in [0.1, 0.15) is 6.92 Å². The van der Waals surface area contributed by atoms with Crippen LogP contribution in [0.25, 0.3) is 0 Å². The molecule has 1 N–H and O–H groups in total. The van der Waals surface area contributed by atoms with Crippen LogP contribution in [0.5, 0.6) is 0 Å². The first-order valence-corrected chi connectivity index (χ1v) is 5.89. The van der Waals surface area contributed by atoms with Crippen molar-refractivity contribution in [3.63, 3.8) is 0 Å². The molecule has 9 heavy (non-hydrogen) atoms. The van der Waals surface area contributed by atoms with Gasteiger partial charge in [-0.1, -0.05) is 0 Å². The quantitative estimate of drug-likeness (QED) is 0.693. The van der Waals surface area contributed by atoms with Gasteiger partial charge in [0, 0.05) is 26.4 Å². The van der Waals surface area contributed by atoms with Crippen molar-refractivity contribution < 1.29 is 40.5 Å². The molecular formula is C2H4Cl3FeO2Zn. The summed E-state index contributed by atoms with van der Waals surface area (Å²) in [5, 5.41) is 7.42. The number of halogens is 3. The van der Waals surface area contributed by atoms with Gasteiger partial charge in [-0.3, -0.25) is 4.79 Å². The second-order valence-corrected chi connectivity index (χ2v) is 6.14. The zero-order valence-corrected chi connectivity index (χ0v) is 10.9. The summed E-state index contributed by atoms with van der Waals surface area (Å²) in [5.74, 6) is -0.833. The van der Waals surface area contributed by atoms with Crippen LogP contribution in [0.3, 0.4) is 0 Å². The average molecular weight is 288 g/mol. The van der Waals surface area contributed by atoms with Crippen LogP contribution >= 0.6 is 30.3 Å². The summed E-state index contributed by atoms with van der Waals surface area (Å²) in [5.41, 5.74) is 0. The van der Waals surface area contributed by atoms with Crippen LogP contribution in [-0.2, 0) is 35.4 Å². The van der Waals surface area contributed by atoms with Crippen molar-refractivity contribution >= 4 is 36.3 Å². The van der Waals surface area contributed by atoms with Crippen molar-refractivity contribution in [3.8, 4) is 0 Å². The largest absolute Gasteiger partial charge is 0 e. The summed E-state index contributed by atoms with van der Waals surface area (Å²) >= 11 is -1.33. The van der Waals surface area contributed by atoms with Gasteiger partial charge < -0.3 is 5.11 Å². The number of carboxylic acids is 1. The molecule has 0 aromatic heterocycles. The van der Waals surface area contributed by atoms with Gasteiger partial charge in [0.2, 0.25) is 0 Å². The molecule has 0 saturated carbocycles. The van der Waals surface area contributed by atoms with E-state index in [2.05, 4.69) is 0 Å². The van der Waals surface area contributed by atoms with E-state index in [4.69, 9.17) is 40.2 Å². The van der Waals surface area contributed by atoms with Crippen molar-refractivity contribution in [2.45, 2.75) is 6.92 Å². The van der Waals surface area contributed by atoms with Crippen molar-refractivity contribution in [2.75, 3.05) is 0 Å². The van der Waals surface area contributed by atoms with Crippen LogP contribution in [0.2, 0.25) is 0 Å². The fraction of sp³-hybridized carbons (Fsp3) is 0.500. The zero-order chi connectivity index (χ0) is 7.15. The molecule has 0 heterocycles. The van der Waals surface area contributed by atoms with Crippen molar-refractivity contribution in [1.29, 1.82) is 0 Å². The average Bonchev–Trinajstić information content (AvgIpc) is 1.25. The molecule has 0 aliphatic carbocycles. The predicted octanol–water partition coefficient (Wildman–Crippen LogP) is 2.15. The van der Waals surface area contributed by atoms with E-state index in [-0.39, 0.29) is 19.5 Å². The number of hydrogen-bond acceptors (Lipinski definition) is 1. The van der Waals surface area contributed by atoms with Gasteiger partial charge in [-0.15, -0.1) is 0 Å². The number of hydrogen-bond donors (Lipinski definition) is 1. The molecular weight excluding hydrogens is 284 g/mol. The fourth-order valence-electron chi connectivity index (χ4n) is 0. The third-order valence-corrected chi connectivity index (χ3v) is 0. The maximum Gasteiger partial charge on any atom is 0 e. The molecule has 0 aromatic rings. The molecule has 0 amide bonds. The van der Waals surface area contributed by atoms with Crippen molar-refractivity contribution in [3.05, 3.63) is 0 Å². The molecule has 0 aliphatic heterocycles. The van der Waals surface area contributed by atoms with E-state index in [1.165, 1.54) is 0 Å². The Morgan fingerprint density at radius 2 is 1.44 bits per heavy atom. The second-order valence-electron chi connectivity index (χ2n) is 0.671. The van der Waals surface area contributed by atoms with Gasteiger partial charge in [-0.25, -0.2) is 0 Å². The van der Waals surface area contributed by atoms with Crippen LogP contribution < -0.4 is 0 Å². The minimum absolute atomic E-state index is 0. The minimum atomic E-state index is -1.33. The summed E-state index contributed by atoms with van der Waals surface area (Å²) in [6.45, 7) is 1.08. The molecule has 0 fully saturated rings. The third kappa shape index (κ3) is 241. The van der Waals surface area contributed by atoms with E-state index in [0.29, 0.717) is 0 Å². The smallest absolute Gasteiger partial charge is 0 e. The molecule has 0 aliphatic rings. The maximum atomic E-state index is 9.00. The van der Waals surface area contributed by atoms with Crippen LogP contribution in [0.15, 0.2) is 0 Å². The van der Waals surface area contributed by atoms with Crippen LogP contribution in [-0.4, -0.2) is 11.1 Å². The first kappa shape index (κ1) is 16.8. The predicted molar refractivity (Wildman–Crippen MR) is 30.9 cm³/mol. The normalized spacial score (nSPS) is 7.78. The molecule has 0 atom stereocenters. The topological polar surface area (TPSA) is 37.3 Å². The Balaban J connectivity index is -0.0000000720. The van der Waals surface area contributed by atoms with Gasteiger partial charge in [-0.2, -0.15) is 0 Å². The first-order valence-electron chi connectivity index (χ1n) is 1.33. The van der Waals surface area contributed by atoms with E-state index in [1.54, 1.807) is 0 Å². The van der Waals surface area contributed by atoms with Gasteiger partial charge in [-0.05, 0) is 0 Å². The number of rotatable bonds is 0. The van der Waals surface area contributed by atoms with Crippen LogP contribution in [0, 0.1) is 0 Å². The molecule has 0 spiro atoms. The van der Waals surface area contributed by atoms with Gasteiger partial charge in [0.25, 0.3) is 5.97 Å². The summed E-state index contributed by atoms with van der Waals surface area (Å²) < 4.78 is 0. The monoisotopic (exact) mass is 285 g/mol. The molecule has 0 bridgehead atoms. The van der Waals surface area contributed by atoms with Gasteiger partial charge in [0.05, 0.1) is 0 Å². The first-order chi connectivity index (χ1) is 3.46. The molecule has 0 saturated heterocycles. The summed E-state index contributed by atoms with van der Waals surface area (Å²) in [6, 6.07) is 0. The second kappa shape index (κ2) is 12.2. The maximum absolute atomic E-state index is 9.00. The molecule has 2 nitrogen and oxygen atoms in total. The zero-order valence-electron chi connectivity index (χ0n) is 4.55. The Morgan fingerprint density at radius 1 is 1.44 bits per heavy atom. The van der Waals surface area contributed by atoms with E-state index >= 15 is 0 Å². The van der Waals surface area contributed by atoms with Crippen LogP contribution in [0.4, 0.5) is 0 Å². The molecule has 0 unspecified atom stereocenters.